The van der Waals surface area contributed by atoms with Crippen LogP contribution in [0.1, 0.15) is 30.7 Å². The first kappa shape index (κ1) is 12.9. The van der Waals surface area contributed by atoms with Gasteiger partial charge in [-0.05, 0) is 49.4 Å². The van der Waals surface area contributed by atoms with Gasteiger partial charge in [0.25, 0.3) is 0 Å². The Morgan fingerprint density at radius 3 is 2.65 bits per heavy atom. The number of halogens is 1. The summed E-state index contributed by atoms with van der Waals surface area (Å²) in [6.07, 6.45) is 3.59. The number of ether oxygens (including phenoxy) is 1. The molecule has 0 aromatic heterocycles. The van der Waals surface area contributed by atoms with Gasteiger partial charge in [-0.3, -0.25) is 0 Å². The van der Waals surface area contributed by atoms with Crippen molar-refractivity contribution in [3.63, 3.8) is 0 Å². The lowest BCUT2D eigenvalue weighted by molar-refractivity contribution is 0.189. The highest BCUT2D eigenvalue weighted by atomic mass is 35.5. The quantitative estimate of drug-likeness (QED) is 0.786. The molecule has 0 bridgehead atoms. The van der Waals surface area contributed by atoms with E-state index >= 15 is 0 Å². The Hall–Kier alpha value is -0.570. The van der Waals surface area contributed by atoms with Gasteiger partial charge < -0.3 is 10.1 Å². The van der Waals surface area contributed by atoms with Gasteiger partial charge >= 0.3 is 0 Å². The van der Waals surface area contributed by atoms with Crippen LogP contribution in [0, 0.1) is 0 Å². The van der Waals surface area contributed by atoms with Gasteiger partial charge in [-0.2, -0.15) is 0 Å². The molecule has 0 atom stereocenters. The van der Waals surface area contributed by atoms with Crippen LogP contribution in [0.5, 0.6) is 0 Å². The summed E-state index contributed by atoms with van der Waals surface area (Å²) < 4.78 is 5.02. The van der Waals surface area contributed by atoms with Crippen molar-refractivity contribution in [3.8, 4) is 0 Å². The predicted molar refractivity (Wildman–Crippen MR) is 71.7 cm³/mol. The summed E-state index contributed by atoms with van der Waals surface area (Å²) in [5.74, 6) is 0.715. The van der Waals surface area contributed by atoms with Crippen molar-refractivity contribution in [1.29, 1.82) is 0 Å². The minimum atomic E-state index is 0.688. The Kier molecular flexibility index (Phi) is 4.84. The molecule has 0 radical (unpaired) electrons. The molecule has 2 rings (SSSR count). The van der Waals surface area contributed by atoms with E-state index in [2.05, 4.69) is 17.4 Å². The highest BCUT2D eigenvalue weighted by molar-refractivity contribution is 6.30. The average Bonchev–Trinajstić information content (AvgIpc) is 2.28. The zero-order chi connectivity index (χ0) is 12.1. The van der Waals surface area contributed by atoms with Gasteiger partial charge in [0.15, 0.2) is 0 Å². The summed E-state index contributed by atoms with van der Waals surface area (Å²) in [6.45, 7) is 1.91. The number of benzene rings is 1. The lowest BCUT2D eigenvalue weighted by Crippen LogP contribution is -2.40. The molecule has 0 heterocycles. The van der Waals surface area contributed by atoms with E-state index in [-0.39, 0.29) is 0 Å². The molecule has 1 aliphatic carbocycles. The molecule has 0 spiro atoms. The maximum absolute atomic E-state index is 5.88. The Balaban J connectivity index is 1.66. The molecule has 17 heavy (non-hydrogen) atoms. The van der Waals surface area contributed by atoms with Crippen LogP contribution in [0.4, 0.5) is 0 Å². The van der Waals surface area contributed by atoms with Crippen molar-refractivity contribution in [1.82, 2.24) is 5.32 Å². The molecule has 1 saturated carbocycles. The van der Waals surface area contributed by atoms with Crippen LogP contribution >= 0.6 is 11.6 Å². The third-order valence-electron chi connectivity index (χ3n) is 3.44. The van der Waals surface area contributed by atoms with Crippen molar-refractivity contribution in [2.24, 2.45) is 0 Å². The third kappa shape index (κ3) is 3.70. The van der Waals surface area contributed by atoms with Crippen molar-refractivity contribution in [2.45, 2.75) is 31.2 Å². The van der Waals surface area contributed by atoms with Gasteiger partial charge in [0.05, 0.1) is 0 Å². The third-order valence-corrected chi connectivity index (χ3v) is 3.69. The van der Waals surface area contributed by atoms with Crippen LogP contribution in [-0.2, 0) is 4.74 Å². The van der Waals surface area contributed by atoms with Crippen molar-refractivity contribution >= 4 is 11.6 Å². The van der Waals surface area contributed by atoms with Gasteiger partial charge in [-0.15, -0.1) is 0 Å². The molecule has 0 saturated heterocycles. The van der Waals surface area contributed by atoms with Crippen molar-refractivity contribution in [3.05, 3.63) is 34.9 Å². The maximum atomic E-state index is 5.88. The number of rotatable bonds is 6. The standard InChI is InChI=1S/C14H20ClNO/c1-17-8-2-7-16-14-9-12(10-14)11-3-5-13(15)6-4-11/h3-6,12,14,16H,2,7-10H2,1H3. The van der Waals surface area contributed by atoms with Gasteiger partial charge in [0, 0.05) is 24.8 Å². The average molecular weight is 254 g/mol. The van der Waals surface area contributed by atoms with E-state index in [0.717, 1.165) is 24.6 Å². The van der Waals surface area contributed by atoms with E-state index in [0.29, 0.717) is 12.0 Å². The maximum Gasteiger partial charge on any atom is 0.0474 e. The Bertz CT molecular complexity index is 333. The van der Waals surface area contributed by atoms with E-state index in [4.69, 9.17) is 16.3 Å². The van der Waals surface area contributed by atoms with Crippen molar-refractivity contribution < 1.29 is 4.74 Å². The van der Waals surface area contributed by atoms with Gasteiger partial charge in [-0.1, -0.05) is 23.7 Å². The first-order chi connectivity index (χ1) is 8.29. The van der Waals surface area contributed by atoms with Gasteiger partial charge in [0.1, 0.15) is 0 Å². The molecule has 1 N–H and O–H groups in total. The number of methoxy groups -OCH3 is 1. The highest BCUT2D eigenvalue weighted by Crippen LogP contribution is 2.37. The Morgan fingerprint density at radius 1 is 1.29 bits per heavy atom. The lowest BCUT2D eigenvalue weighted by atomic mass is 9.76. The normalized spacial score (nSPS) is 23.4. The molecule has 1 fully saturated rings. The van der Waals surface area contributed by atoms with Crippen LogP contribution < -0.4 is 5.32 Å². The minimum Gasteiger partial charge on any atom is -0.385 e. The topological polar surface area (TPSA) is 21.3 Å². The molecule has 0 aliphatic heterocycles. The molecule has 0 unspecified atom stereocenters. The molecule has 1 aromatic rings. The zero-order valence-corrected chi connectivity index (χ0v) is 11.0. The fraction of sp³-hybridized carbons (Fsp3) is 0.571. The second kappa shape index (κ2) is 6.39. The number of nitrogens with one attached hydrogen (secondary N) is 1. The molecule has 0 amide bonds. The largest absolute Gasteiger partial charge is 0.385 e. The van der Waals surface area contributed by atoms with Crippen LogP contribution in [0.15, 0.2) is 24.3 Å². The molecular formula is C14H20ClNO. The Morgan fingerprint density at radius 2 is 2.00 bits per heavy atom. The number of hydrogen-bond donors (Lipinski definition) is 1. The summed E-state index contributed by atoms with van der Waals surface area (Å²) in [5.41, 5.74) is 1.42. The van der Waals surface area contributed by atoms with Crippen LogP contribution in [0.3, 0.4) is 0 Å². The molecule has 3 heteroatoms. The first-order valence-corrected chi connectivity index (χ1v) is 6.65. The Labute approximate surface area is 108 Å². The summed E-state index contributed by atoms with van der Waals surface area (Å²) in [5, 5.41) is 4.38. The highest BCUT2D eigenvalue weighted by Gasteiger charge is 2.29. The summed E-state index contributed by atoms with van der Waals surface area (Å²) in [7, 11) is 1.75. The number of hydrogen-bond acceptors (Lipinski definition) is 2. The first-order valence-electron chi connectivity index (χ1n) is 6.27. The van der Waals surface area contributed by atoms with Crippen molar-refractivity contribution in [2.75, 3.05) is 20.3 Å². The minimum absolute atomic E-state index is 0.688. The van der Waals surface area contributed by atoms with E-state index in [1.807, 2.05) is 12.1 Å². The predicted octanol–water partition coefficient (Wildman–Crippen LogP) is 3.21. The molecule has 1 aromatic carbocycles. The van der Waals surface area contributed by atoms with E-state index in [1.54, 1.807) is 7.11 Å². The second-order valence-electron chi connectivity index (χ2n) is 4.72. The van der Waals surface area contributed by atoms with Crippen LogP contribution in [-0.4, -0.2) is 26.3 Å². The van der Waals surface area contributed by atoms with Gasteiger partial charge in [0.2, 0.25) is 0 Å². The fourth-order valence-corrected chi connectivity index (χ4v) is 2.44. The second-order valence-corrected chi connectivity index (χ2v) is 5.15. The zero-order valence-electron chi connectivity index (χ0n) is 10.3. The smallest absolute Gasteiger partial charge is 0.0474 e. The summed E-state index contributed by atoms with van der Waals surface area (Å²) in [4.78, 5) is 0. The molecule has 1 aliphatic rings. The summed E-state index contributed by atoms with van der Waals surface area (Å²) >= 11 is 5.88. The SMILES string of the molecule is COCCCNC1CC(c2ccc(Cl)cc2)C1. The summed E-state index contributed by atoms with van der Waals surface area (Å²) in [6, 6.07) is 8.95. The van der Waals surface area contributed by atoms with Gasteiger partial charge in [-0.25, -0.2) is 0 Å². The monoisotopic (exact) mass is 253 g/mol. The fourth-order valence-electron chi connectivity index (χ4n) is 2.31. The molecule has 94 valence electrons. The van der Waals surface area contributed by atoms with E-state index in [1.165, 1.54) is 18.4 Å². The van der Waals surface area contributed by atoms with E-state index in [9.17, 15) is 0 Å². The lowest BCUT2D eigenvalue weighted by Gasteiger charge is -2.36. The van der Waals surface area contributed by atoms with E-state index < -0.39 is 0 Å². The van der Waals surface area contributed by atoms with Crippen LogP contribution in [0.25, 0.3) is 0 Å². The van der Waals surface area contributed by atoms with Crippen LogP contribution in [0.2, 0.25) is 5.02 Å². The molecule has 2 nitrogen and oxygen atoms in total. The molecular weight excluding hydrogens is 234 g/mol.